The Balaban J connectivity index is 3.65. The van der Waals surface area contributed by atoms with Crippen LogP contribution in [0.5, 0.6) is 0 Å². The van der Waals surface area contributed by atoms with Crippen LogP contribution in [0.4, 0.5) is 0 Å². The molecular formula is C20H40O3. The Morgan fingerprint density at radius 1 is 0.870 bits per heavy atom. The first-order valence-corrected chi connectivity index (χ1v) is 9.78. The lowest BCUT2D eigenvalue weighted by Gasteiger charge is -2.23. The molecule has 0 aliphatic rings. The Bertz CT molecular complexity index is 289. The van der Waals surface area contributed by atoms with Crippen LogP contribution >= 0.6 is 0 Å². The summed E-state index contributed by atoms with van der Waals surface area (Å²) in [4.78, 5) is 12.0. The van der Waals surface area contributed by atoms with Crippen molar-refractivity contribution in [3.8, 4) is 0 Å². The molecule has 0 heterocycles. The van der Waals surface area contributed by atoms with Gasteiger partial charge in [-0.3, -0.25) is 4.79 Å². The summed E-state index contributed by atoms with van der Waals surface area (Å²) in [6, 6.07) is 0. The van der Waals surface area contributed by atoms with Crippen LogP contribution < -0.4 is 0 Å². The first-order valence-electron chi connectivity index (χ1n) is 9.78. The van der Waals surface area contributed by atoms with Crippen molar-refractivity contribution in [2.45, 2.75) is 111 Å². The summed E-state index contributed by atoms with van der Waals surface area (Å²) >= 11 is 0. The molecule has 0 aliphatic carbocycles. The summed E-state index contributed by atoms with van der Waals surface area (Å²) in [5, 5.41) is 9.90. The molecule has 0 rings (SSSR count). The Hall–Kier alpha value is -0.570. The van der Waals surface area contributed by atoms with Crippen LogP contribution in [0.1, 0.15) is 98.8 Å². The number of hydrogen-bond acceptors (Lipinski definition) is 3. The molecule has 0 aromatic heterocycles. The number of esters is 1. The monoisotopic (exact) mass is 328 g/mol. The maximum absolute atomic E-state index is 12.0. The molecule has 0 aliphatic heterocycles. The summed E-state index contributed by atoms with van der Waals surface area (Å²) in [7, 11) is 0. The van der Waals surface area contributed by atoms with Gasteiger partial charge in [0.2, 0.25) is 0 Å². The lowest BCUT2D eigenvalue weighted by Crippen LogP contribution is -2.34. The van der Waals surface area contributed by atoms with Gasteiger partial charge in [0.15, 0.2) is 0 Å². The Labute approximate surface area is 144 Å². The molecule has 0 radical (unpaired) electrons. The van der Waals surface area contributed by atoms with Crippen LogP contribution in [0.15, 0.2) is 0 Å². The number of hydrogen-bond donors (Lipinski definition) is 1. The number of carbonyl (C=O) groups is 1. The van der Waals surface area contributed by atoms with Crippen molar-refractivity contribution in [1.29, 1.82) is 0 Å². The van der Waals surface area contributed by atoms with Gasteiger partial charge in [0.25, 0.3) is 0 Å². The number of rotatable bonds is 14. The minimum Gasteiger partial charge on any atom is -0.460 e. The summed E-state index contributed by atoms with van der Waals surface area (Å²) in [5.41, 5.74) is 0. The van der Waals surface area contributed by atoms with E-state index < -0.39 is 12.2 Å². The first kappa shape index (κ1) is 22.4. The van der Waals surface area contributed by atoms with E-state index in [4.69, 9.17) is 4.74 Å². The molecule has 3 nitrogen and oxygen atoms in total. The fourth-order valence-electron chi connectivity index (χ4n) is 2.79. The number of unbranched alkanes of at least 4 members (excludes halogenated alkanes) is 8. The van der Waals surface area contributed by atoms with E-state index in [1.165, 1.54) is 51.4 Å². The third kappa shape index (κ3) is 11.6. The van der Waals surface area contributed by atoms with E-state index in [0.717, 1.165) is 12.8 Å². The quantitative estimate of drug-likeness (QED) is 0.339. The minimum atomic E-state index is -0.584. The molecule has 0 aromatic carbocycles. The highest BCUT2D eigenvalue weighted by Crippen LogP contribution is 2.16. The largest absolute Gasteiger partial charge is 0.460 e. The van der Waals surface area contributed by atoms with Crippen LogP contribution in [0.25, 0.3) is 0 Å². The zero-order valence-corrected chi connectivity index (χ0v) is 16.1. The molecule has 138 valence electrons. The van der Waals surface area contributed by atoms with Crippen molar-refractivity contribution in [3.05, 3.63) is 0 Å². The smallest absolute Gasteiger partial charge is 0.309 e. The van der Waals surface area contributed by atoms with Gasteiger partial charge < -0.3 is 9.84 Å². The molecular weight excluding hydrogens is 288 g/mol. The highest BCUT2D eigenvalue weighted by atomic mass is 16.6. The van der Waals surface area contributed by atoms with Crippen LogP contribution in [-0.4, -0.2) is 23.3 Å². The summed E-state index contributed by atoms with van der Waals surface area (Å²) < 4.78 is 5.38. The standard InChI is InChI=1S/C20H40O3/c1-6-7-8-9-10-11-12-13-14-15-17(4)20(22)23-18(5)19(21)16(2)3/h16-19,21H,6-15H2,1-5H3. The van der Waals surface area contributed by atoms with Gasteiger partial charge in [0.05, 0.1) is 12.0 Å². The second kappa shape index (κ2) is 13.8. The fourth-order valence-corrected chi connectivity index (χ4v) is 2.79. The summed E-state index contributed by atoms with van der Waals surface area (Å²) in [6.45, 7) is 9.81. The average Bonchev–Trinajstić information content (AvgIpc) is 2.51. The van der Waals surface area contributed by atoms with Crippen LogP contribution in [0.3, 0.4) is 0 Å². The van der Waals surface area contributed by atoms with E-state index in [9.17, 15) is 9.90 Å². The van der Waals surface area contributed by atoms with Gasteiger partial charge in [-0.1, -0.05) is 85.5 Å². The maximum Gasteiger partial charge on any atom is 0.309 e. The molecule has 0 saturated heterocycles. The first-order chi connectivity index (χ1) is 10.9. The molecule has 0 spiro atoms. The lowest BCUT2D eigenvalue weighted by molar-refractivity contribution is -0.159. The van der Waals surface area contributed by atoms with Crippen molar-refractivity contribution in [2.24, 2.45) is 11.8 Å². The highest BCUT2D eigenvalue weighted by molar-refractivity contribution is 5.72. The molecule has 0 amide bonds. The topological polar surface area (TPSA) is 46.5 Å². The third-order valence-corrected chi connectivity index (χ3v) is 4.61. The van der Waals surface area contributed by atoms with Gasteiger partial charge in [-0.25, -0.2) is 0 Å². The third-order valence-electron chi connectivity index (χ3n) is 4.61. The number of carbonyl (C=O) groups excluding carboxylic acids is 1. The zero-order chi connectivity index (χ0) is 17.7. The van der Waals surface area contributed by atoms with Gasteiger partial charge in [-0.05, 0) is 19.3 Å². The second-order valence-electron chi connectivity index (χ2n) is 7.39. The number of ether oxygens (including phenoxy) is 1. The minimum absolute atomic E-state index is 0.0682. The second-order valence-corrected chi connectivity index (χ2v) is 7.39. The van der Waals surface area contributed by atoms with E-state index in [1.807, 2.05) is 20.8 Å². The Kier molecular flexibility index (Phi) is 13.5. The summed E-state index contributed by atoms with van der Waals surface area (Å²) in [5.74, 6) is -0.136. The van der Waals surface area contributed by atoms with E-state index in [1.54, 1.807) is 6.92 Å². The predicted molar refractivity (Wildman–Crippen MR) is 97.4 cm³/mol. The molecule has 3 unspecified atom stereocenters. The van der Waals surface area contributed by atoms with E-state index >= 15 is 0 Å². The van der Waals surface area contributed by atoms with Gasteiger partial charge in [-0.15, -0.1) is 0 Å². The highest BCUT2D eigenvalue weighted by Gasteiger charge is 2.23. The van der Waals surface area contributed by atoms with Gasteiger partial charge in [-0.2, -0.15) is 0 Å². The molecule has 1 N–H and O–H groups in total. The molecule has 3 heteroatoms. The van der Waals surface area contributed by atoms with Crippen molar-refractivity contribution in [3.63, 3.8) is 0 Å². The summed E-state index contributed by atoms with van der Waals surface area (Å²) in [6.07, 6.45) is 11.5. The zero-order valence-electron chi connectivity index (χ0n) is 16.1. The molecule has 23 heavy (non-hydrogen) atoms. The van der Waals surface area contributed by atoms with Crippen molar-refractivity contribution >= 4 is 5.97 Å². The molecule has 0 aromatic rings. The average molecular weight is 329 g/mol. The molecule has 0 fully saturated rings. The van der Waals surface area contributed by atoms with Crippen molar-refractivity contribution in [1.82, 2.24) is 0 Å². The van der Waals surface area contributed by atoms with Crippen LogP contribution in [0.2, 0.25) is 0 Å². The normalized spacial score (nSPS) is 15.4. The Morgan fingerprint density at radius 3 is 1.83 bits per heavy atom. The van der Waals surface area contributed by atoms with E-state index in [-0.39, 0.29) is 17.8 Å². The van der Waals surface area contributed by atoms with Crippen LogP contribution in [-0.2, 0) is 9.53 Å². The van der Waals surface area contributed by atoms with E-state index in [0.29, 0.717) is 0 Å². The maximum atomic E-state index is 12.0. The lowest BCUT2D eigenvalue weighted by atomic mass is 10.0. The van der Waals surface area contributed by atoms with Gasteiger partial charge in [0.1, 0.15) is 6.10 Å². The fraction of sp³-hybridized carbons (Fsp3) is 0.950. The van der Waals surface area contributed by atoms with Gasteiger partial charge >= 0.3 is 5.97 Å². The SMILES string of the molecule is CCCCCCCCCCCC(C)C(=O)OC(C)C(O)C(C)C. The number of aliphatic hydroxyl groups is 1. The van der Waals surface area contributed by atoms with E-state index in [2.05, 4.69) is 6.92 Å². The van der Waals surface area contributed by atoms with Crippen LogP contribution in [0, 0.1) is 11.8 Å². The molecule has 3 atom stereocenters. The molecule has 0 saturated carbocycles. The van der Waals surface area contributed by atoms with Crippen molar-refractivity contribution < 1.29 is 14.6 Å². The predicted octanol–water partition coefficient (Wildman–Crippen LogP) is 5.49. The Morgan fingerprint density at radius 2 is 1.35 bits per heavy atom. The van der Waals surface area contributed by atoms with Gasteiger partial charge in [0, 0.05) is 0 Å². The molecule has 0 bridgehead atoms. The van der Waals surface area contributed by atoms with Crippen molar-refractivity contribution in [2.75, 3.05) is 0 Å². The number of aliphatic hydroxyl groups excluding tert-OH is 1.